The van der Waals surface area contributed by atoms with Gasteiger partial charge in [-0.2, -0.15) is 13.2 Å². The van der Waals surface area contributed by atoms with Crippen LogP contribution in [0, 0.1) is 11.8 Å². The van der Waals surface area contributed by atoms with Crippen LogP contribution in [0.3, 0.4) is 0 Å². The molecule has 5 nitrogen and oxygen atoms in total. The van der Waals surface area contributed by atoms with Crippen LogP contribution in [-0.2, 0) is 11.2 Å². The fourth-order valence-electron chi connectivity index (χ4n) is 2.43. The van der Waals surface area contributed by atoms with Crippen molar-refractivity contribution in [3.05, 3.63) is 18.2 Å². The number of alkyl halides is 3. The quantitative estimate of drug-likeness (QED) is 0.923. The summed E-state index contributed by atoms with van der Waals surface area (Å²) in [6, 6.07) is 0. The van der Waals surface area contributed by atoms with Crippen LogP contribution < -0.4 is 5.32 Å². The van der Waals surface area contributed by atoms with Gasteiger partial charge in [0.15, 0.2) is 0 Å². The smallest absolute Gasteiger partial charge is 0.323 e. The Bertz CT molecular complexity index is 503. The lowest BCUT2D eigenvalue weighted by atomic mass is 9.94. The van der Waals surface area contributed by atoms with Gasteiger partial charge < -0.3 is 10.2 Å². The van der Waals surface area contributed by atoms with Gasteiger partial charge in [-0.05, 0) is 7.05 Å². The highest BCUT2D eigenvalue weighted by Crippen LogP contribution is 2.37. The van der Waals surface area contributed by atoms with E-state index < -0.39 is 23.9 Å². The van der Waals surface area contributed by atoms with Crippen LogP contribution in [0.4, 0.5) is 18.9 Å². The summed E-state index contributed by atoms with van der Waals surface area (Å²) < 4.78 is 38.9. The van der Waals surface area contributed by atoms with E-state index >= 15 is 0 Å². The van der Waals surface area contributed by atoms with Gasteiger partial charge in [0.1, 0.15) is 5.82 Å². The molecule has 116 valence electrons. The maximum atomic E-state index is 13.0. The maximum Gasteiger partial charge on any atom is 0.393 e. The molecule has 0 aromatic carbocycles. The first kappa shape index (κ1) is 15.7. The molecule has 0 saturated carbocycles. The van der Waals surface area contributed by atoms with E-state index in [1.807, 2.05) is 6.92 Å². The van der Waals surface area contributed by atoms with Crippen LogP contribution in [0.2, 0.25) is 0 Å². The lowest BCUT2D eigenvalue weighted by Crippen LogP contribution is -2.36. The molecule has 0 radical (unpaired) electrons. The molecule has 0 unspecified atom stereocenters. The molecule has 1 aromatic rings. The molecule has 1 saturated heterocycles. The molecule has 1 amide bonds. The zero-order valence-corrected chi connectivity index (χ0v) is 11.8. The predicted molar refractivity (Wildman–Crippen MR) is 70.6 cm³/mol. The van der Waals surface area contributed by atoms with E-state index in [-0.39, 0.29) is 13.1 Å². The number of hydrogen-bond donors (Lipinski definition) is 1. The van der Waals surface area contributed by atoms with Crippen molar-refractivity contribution in [2.24, 2.45) is 11.8 Å². The largest absolute Gasteiger partial charge is 0.393 e. The number of rotatable bonds is 3. The number of carbonyl (C=O) groups is 1. The Kier molecular flexibility index (Phi) is 4.46. The second-order valence-electron chi connectivity index (χ2n) is 5.21. The van der Waals surface area contributed by atoms with Crippen molar-refractivity contribution in [3.63, 3.8) is 0 Å². The maximum absolute atomic E-state index is 13.0. The monoisotopic (exact) mass is 302 g/mol. The fourth-order valence-corrected chi connectivity index (χ4v) is 2.43. The Morgan fingerprint density at radius 3 is 2.52 bits per heavy atom. The number of aromatic nitrogens is 2. The summed E-state index contributed by atoms with van der Waals surface area (Å²) >= 11 is 0. The van der Waals surface area contributed by atoms with Gasteiger partial charge in [-0.1, -0.05) is 6.92 Å². The number of nitrogens with one attached hydrogen (secondary N) is 1. The summed E-state index contributed by atoms with van der Waals surface area (Å²) in [5.41, 5.74) is 0.313. The van der Waals surface area contributed by atoms with Gasteiger partial charge in [-0.15, -0.1) is 0 Å². The van der Waals surface area contributed by atoms with Crippen LogP contribution in [0.25, 0.3) is 0 Å². The molecule has 1 aliphatic heterocycles. The van der Waals surface area contributed by atoms with Crippen LogP contribution in [-0.4, -0.2) is 47.1 Å². The van der Waals surface area contributed by atoms with Gasteiger partial charge in [-0.25, -0.2) is 9.97 Å². The van der Waals surface area contributed by atoms with Gasteiger partial charge in [0.2, 0.25) is 5.91 Å². The average Bonchev–Trinajstić information content (AvgIpc) is 2.82. The van der Waals surface area contributed by atoms with Gasteiger partial charge in [0.25, 0.3) is 0 Å². The summed E-state index contributed by atoms with van der Waals surface area (Å²) in [4.78, 5) is 21.6. The Labute approximate surface area is 120 Å². The number of aryl methyl sites for hydroxylation is 1. The van der Waals surface area contributed by atoms with Crippen LogP contribution in [0.15, 0.2) is 12.4 Å². The topological polar surface area (TPSA) is 58.1 Å². The second kappa shape index (κ2) is 5.97. The van der Waals surface area contributed by atoms with E-state index in [0.29, 0.717) is 17.9 Å². The highest BCUT2D eigenvalue weighted by atomic mass is 19.4. The van der Waals surface area contributed by atoms with Crippen LogP contribution in [0.5, 0.6) is 0 Å². The number of nitrogens with zero attached hydrogens (tertiary/aromatic N) is 3. The van der Waals surface area contributed by atoms with Crippen molar-refractivity contribution in [2.75, 3.05) is 25.5 Å². The molecule has 0 spiro atoms. The number of amides is 1. The normalized spacial score (nSPS) is 23.3. The van der Waals surface area contributed by atoms with Crippen LogP contribution >= 0.6 is 0 Å². The number of anilines is 1. The van der Waals surface area contributed by atoms with E-state index in [9.17, 15) is 18.0 Å². The minimum absolute atomic E-state index is 0.0872. The summed E-state index contributed by atoms with van der Waals surface area (Å²) in [5.74, 6) is -2.78. The van der Waals surface area contributed by atoms with Gasteiger partial charge in [0, 0.05) is 19.5 Å². The fraction of sp³-hybridized carbons (Fsp3) is 0.615. The molecule has 21 heavy (non-hydrogen) atoms. The van der Waals surface area contributed by atoms with E-state index in [1.54, 1.807) is 7.05 Å². The predicted octanol–water partition coefficient (Wildman–Crippen LogP) is 1.72. The van der Waals surface area contributed by atoms with Crippen molar-refractivity contribution < 1.29 is 18.0 Å². The minimum Gasteiger partial charge on any atom is -0.323 e. The Morgan fingerprint density at radius 2 is 2.00 bits per heavy atom. The molecule has 1 fully saturated rings. The molecular formula is C13H17F3N4O. The van der Waals surface area contributed by atoms with Crippen molar-refractivity contribution >= 4 is 11.6 Å². The Hall–Kier alpha value is -1.70. The third kappa shape index (κ3) is 3.69. The molecule has 2 rings (SSSR count). The third-order valence-electron chi connectivity index (χ3n) is 3.55. The van der Waals surface area contributed by atoms with Crippen LogP contribution in [0.1, 0.15) is 12.7 Å². The van der Waals surface area contributed by atoms with E-state index in [1.165, 1.54) is 17.3 Å². The first-order valence-corrected chi connectivity index (χ1v) is 6.68. The van der Waals surface area contributed by atoms with E-state index in [0.717, 1.165) is 0 Å². The second-order valence-corrected chi connectivity index (χ2v) is 5.21. The molecule has 0 bridgehead atoms. The SMILES string of the molecule is CCc1ncc(NC(=O)[C@@H]2CN(C)C[C@H]2C(F)(F)F)cn1. The number of hydrogen-bond acceptors (Lipinski definition) is 4. The van der Waals surface area contributed by atoms with Crippen molar-refractivity contribution in [1.29, 1.82) is 0 Å². The van der Waals surface area contributed by atoms with Gasteiger partial charge in [-0.3, -0.25) is 4.79 Å². The zero-order valence-electron chi connectivity index (χ0n) is 11.8. The van der Waals surface area contributed by atoms with E-state index in [2.05, 4.69) is 15.3 Å². The Morgan fingerprint density at radius 1 is 1.38 bits per heavy atom. The van der Waals surface area contributed by atoms with Crippen molar-refractivity contribution in [2.45, 2.75) is 19.5 Å². The molecule has 1 aromatic heterocycles. The molecule has 0 aliphatic carbocycles. The zero-order chi connectivity index (χ0) is 15.6. The average molecular weight is 302 g/mol. The minimum atomic E-state index is -4.38. The molecular weight excluding hydrogens is 285 g/mol. The highest BCUT2D eigenvalue weighted by Gasteiger charge is 2.51. The number of halogens is 3. The third-order valence-corrected chi connectivity index (χ3v) is 3.55. The van der Waals surface area contributed by atoms with E-state index in [4.69, 9.17) is 0 Å². The summed E-state index contributed by atoms with van der Waals surface area (Å²) in [6.45, 7) is 1.81. The number of likely N-dealkylation sites (tertiary alicyclic amines) is 1. The summed E-state index contributed by atoms with van der Waals surface area (Å²) in [5, 5.41) is 2.47. The Balaban J connectivity index is 2.07. The number of carbonyl (C=O) groups excluding carboxylic acids is 1. The van der Waals surface area contributed by atoms with Gasteiger partial charge in [0.05, 0.1) is 29.9 Å². The lowest BCUT2D eigenvalue weighted by molar-refractivity contribution is -0.182. The van der Waals surface area contributed by atoms with Crippen molar-refractivity contribution in [1.82, 2.24) is 14.9 Å². The molecule has 1 N–H and O–H groups in total. The molecule has 2 heterocycles. The first-order chi connectivity index (χ1) is 9.81. The summed E-state index contributed by atoms with van der Waals surface area (Å²) in [6.07, 6.45) is -0.914. The highest BCUT2D eigenvalue weighted by molar-refractivity contribution is 5.92. The standard InChI is InChI=1S/C13H17F3N4O/c1-3-11-17-4-8(5-18-11)19-12(21)9-6-20(2)7-10(9)13(14,15)16/h4-5,9-10H,3,6-7H2,1-2H3,(H,19,21)/t9-,10-/m1/s1. The lowest BCUT2D eigenvalue weighted by Gasteiger charge is -2.20. The first-order valence-electron chi connectivity index (χ1n) is 6.68. The molecule has 8 heteroatoms. The molecule has 2 atom stereocenters. The van der Waals surface area contributed by atoms with Crippen molar-refractivity contribution in [3.8, 4) is 0 Å². The molecule has 1 aliphatic rings. The summed E-state index contributed by atoms with van der Waals surface area (Å²) in [7, 11) is 1.57. The van der Waals surface area contributed by atoms with Gasteiger partial charge >= 0.3 is 6.18 Å².